The van der Waals surface area contributed by atoms with Gasteiger partial charge in [0.25, 0.3) is 5.91 Å². The van der Waals surface area contributed by atoms with Crippen molar-refractivity contribution < 1.29 is 9.21 Å². The fourth-order valence-corrected chi connectivity index (χ4v) is 3.01. The van der Waals surface area contributed by atoms with Crippen molar-refractivity contribution in [3.8, 4) is 11.5 Å². The maximum absolute atomic E-state index is 11.9. The van der Waals surface area contributed by atoms with Gasteiger partial charge in [0.05, 0.1) is 0 Å². The van der Waals surface area contributed by atoms with E-state index in [1.54, 1.807) is 0 Å². The fourth-order valence-electron chi connectivity index (χ4n) is 1.90. The maximum Gasteiger partial charge on any atom is 0.288 e. The summed E-state index contributed by atoms with van der Waals surface area (Å²) in [5.74, 6) is 5.13. The van der Waals surface area contributed by atoms with Gasteiger partial charge >= 0.3 is 0 Å². The Labute approximate surface area is 145 Å². The van der Waals surface area contributed by atoms with Crippen LogP contribution in [0.1, 0.15) is 10.5 Å². The lowest BCUT2D eigenvalue weighted by Gasteiger charge is -2.00. The highest BCUT2D eigenvalue weighted by atomic mass is 79.9. The zero-order chi connectivity index (χ0) is 16.2. The van der Waals surface area contributed by atoms with E-state index in [0.29, 0.717) is 11.0 Å². The molecule has 23 heavy (non-hydrogen) atoms. The molecule has 1 heterocycles. The molecular formula is C16H12BrN3O2S. The van der Waals surface area contributed by atoms with Gasteiger partial charge in [-0.15, -0.1) is 0 Å². The zero-order valence-corrected chi connectivity index (χ0v) is 14.2. The van der Waals surface area contributed by atoms with Gasteiger partial charge in [0.15, 0.2) is 10.8 Å². The standard InChI is InChI=1S/C16H12BrN3O2S/c17-11-6-8-12(9-7-11)23-16-13(14(21)20-18)19-15(22-16)10-4-2-1-3-5-10/h1-9H,18H2,(H,20,21). The molecule has 0 spiro atoms. The number of carbonyl (C=O) groups is 1. The summed E-state index contributed by atoms with van der Waals surface area (Å²) in [6, 6.07) is 17.1. The zero-order valence-electron chi connectivity index (χ0n) is 11.8. The molecule has 0 aliphatic rings. The Morgan fingerprint density at radius 1 is 1.13 bits per heavy atom. The molecule has 0 saturated heterocycles. The number of amides is 1. The highest BCUT2D eigenvalue weighted by Crippen LogP contribution is 2.34. The largest absolute Gasteiger partial charge is 0.429 e. The van der Waals surface area contributed by atoms with Crippen LogP contribution in [0.2, 0.25) is 0 Å². The van der Waals surface area contributed by atoms with Crippen LogP contribution >= 0.6 is 27.7 Å². The molecule has 1 aromatic heterocycles. The number of rotatable bonds is 4. The Kier molecular flexibility index (Phi) is 4.80. The molecule has 7 heteroatoms. The number of hydrogen-bond donors (Lipinski definition) is 2. The van der Waals surface area contributed by atoms with Crippen molar-refractivity contribution in [1.82, 2.24) is 10.4 Å². The summed E-state index contributed by atoms with van der Waals surface area (Å²) in [7, 11) is 0. The SMILES string of the molecule is NNC(=O)c1nc(-c2ccccc2)oc1Sc1ccc(Br)cc1. The van der Waals surface area contributed by atoms with E-state index in [4.69, 9.17) is 10.3 Å². The molecule has 0 saturated carbocycles. The molecule has 116 valence electrons. The molecule has 0 radical (unpaired) electrons. The van der Waals surface area contributed by atoms with Crippen LogP contribution in [-0.4, -0.2) is 10.9 Å². The van der Waals surface area contributed by atoms with E-state index >= 15 is 0 Å². The molecule has 0 bridgehead atoms. The number of nitrogens with one attached hydrogen (secondary N) is 1. The maximum atomic E-state index is 11.9. The third-order valence-electron chi connectivity index (χ3n) is 2.99. The number of aromatic nitrogens is 1. The molecule has 5 nitrogen and oxygen atoms in total. The monoisotopic (exact) mass is 389 g/mol. The molecular weight excluding hydrogens is 378 g/mol. The van der Waals surface area contributed by atoms with Gasteiger partial charge in [-0.1, -0.05) is 34.1 Å². The number of halogens is 1. The number of carbonyl (C=O) groups excluding carboxylic acids is 1. The Morgan fingerprint density at radius 2 is 1.83 bits per heavy atom. The number of nitrogens with zero attached hydrogens (tertiary/aromatic N) is 1. The summed E-state index contributed by atoms with van der Waals surface area (Å²) in [5, 5.41) is 0.397. The minimum absolute atomic E-state index is 0.166. The second-order valence-electron chi connectivity index (χ2n) is 4.55. The van der Waals surface area contributed by atoms with Crippen LogP contribution in [0.5, 0.6) is 0 Å². The second kappa shape index (κ2) is 6.99. The van der Waals surface area contributed by atoms with Crippen LogP contribution in [0.25, 0.3) is 11.5 Å². The minimum Gasteiger partial charge on any atom is -0.429 e. The Hall–Kier alpha value is -2.09. The van der Waals surface area contributed by atoms with E-state index in [-0.39, 0.29) is 5.69 Å². The molecule has 3 N–H and O–H groups in total. The van der Waals surface area contributed by atoms with Crippen LogP contribution in [0.3, 0.4) is 0 Å². The lowest BCUT2D eigenvalue weighted by molar-refractivity contribution is 0.0944. The molecule has 0 aliphatic carbocycles. The van der Waals surface area contributed by atoms with Gasteiger partial charge in [0.2, 0.25) is 5.89 Å². The first-order chi connectivity index (χ1) is 11.2. The van der Waals surface area contributed by atoms with Crippen LogP contribution in [-0.2, 0) is 0 Å². The minimum atomic E-state index is -0.490. The fraction of sp³-hybridized carbons (Fsp3) is 0. The number of hydrazine groups is 1. The van der Waals surface area contributed by atoms with Gasteiger partial charge in [-0.3, -0.25) is 10.2 Å². The molecule has 2 aromatic carbocycles. The number of benzene rings is 2. The van der Waals surface area contributed by atoms with Crippen LogP contribution in [0.4, 0.5) is 0 Å². The number of oxazole rings is 1. The quantitative estimate of drug-likeness (QED) is 0.402. The van der Waals surface area contributed by atoms with Gasteiger partial charge in [-0.05, 0) is 48.2 Å². The van der Waals surface area contributed by atoms with Crippen LogP contribution in [0, 0.1) is 0 Å². The first-order valence-corrected chi connectivity index (χ1v) is 8.29. The van der Waals surface area contributed by atoms with Crippen molar-refractivity contribution in [2.45, 2.75) is 9.99 Å². The first-order valence-electron chi connectivity index (χ1n) is 6.68. The van der Waals surface area contributed by atoms with Gasteiger partial charge in [0, 0.05) is 14.9 Å². The van der Waals surface area contributed by atoms with E-state index in [2.05, 4.69) is 26.3 Å². The summed E-state index contributed by atoms with van der Waals surface area (Å²) < 4.78 is 6.76. The molecule has 3 aromatic rings. The van der Waals surface area contributed by atoms with Crippen molar-refractivity contribution in [2.75, 3.05) is 0 Å². The smallest absolute Gasteiger partial charge is 0.288 e. The summed E-state index contributed by atoms with van der Waals surface area (Å²) in [5.41, 5.74) is 3.06. The second-order valence-corrected chi connectivity index (χ2v) is 6.51. The Morgan fingerprint density at radius 3 is 2.48 bits per heavy atom. The lowest BCUT2D eigenvalue weighted by atomic mass is 10.2. The predicted molar refractivity (Wildman–Crippen MR) is 91.9 cm³/mol. The average molecular weight is 390 g/mol. The van der Waals surface area contributed by atoms with Crippen molar-refractivity contribution in [1.29, 1.82) is 0 Å². The normalized spacial score (nSPS) is 10.5. The van der Waals surface area contributed by atoms with Gasteiger partial charge in [-0.2, -0.15) is 0 Å². The third kappa shape index (κ3) is 3.64. The van der Waals surface area contributed by atoms with Gasteiger partial charge in [-0.25, -0.2) is 10.8 Å². The lowest BCUT2D eigenvalue weighted by Crippen LogP contribution is -2.30. The van der Waals surface area contributed by atoms with Crippen molar-refractivity contribution in [3.63, 3.8) is 0 Å². The van der Waals surface area contributed by atoms with Crippen molar-refractivity contribution in [2.24, 2.45) is 5.84 Å². The summed E-state index contributed by atoms with van der Waals surface area (Å²) in [6.45, 7) is 0. The van der Waals surface area contributed by atoms with E-state index in [0.717, 1.165) is 14.9 Å². The van der Waals surface area contributed by atoms with Crippen LogP contribution < -0.4 is 11.3 Å². The van der Waals surface area contributed by atoms with Crippen LogP contribution in [0.15, 0.2) is 73.5 Å². The molecule has 0 fully saturated rings. The highest BCUT2D eigenvalue weighted by Gasteiger charge is 2.21. The highest BCUT2D eigenvalue weighted by molar-refractivity contribution is 9.10. The molecule has 0 atom stereocenters. The van der Waals surface area contributed by atoms with E-state index in [9.17, 15) is 4.79 Å². The van der Waals surface area contributed by atoms with Gasteiger partial charge < -0.3 is 4.42 Å². The number of hydrogen-bond acceptors (Lipinski definition) is 5. The van der Waals surface area contributed by atoms with E-state index in [1.165, 1.54) is 11.8 Å². The predicted octanol–water partition coefficient (Wildman–Crippen LogP) is 3.86. The Balaban J connectivity index is 1.98. The van der Waals surface area contributed by atoms with E-state index in [1.807, 2.05) is 54.6 Å². The topological polar surface area (TPSA) is 81.1 Å². The molecule has 1 amide bonds. The molecule has 0 aliphatic heterocycles. The summed E-state index contributed by atoms with van der Waals surface area (Å²) in [4.78, 5) is 17.1. The number of nitrogens with two attached hydrogens (primary N) is 1. The number of nitrogen functional groups attached to an aromatic ring is 1. The molecule has 0 unspecified atom stereocenters. The average Bonchev–Trinajstić information content (AvgIpc) is 3.01. The van der Waals surface area contributed by atoms with Crippen molar-refractivity contribution in [3.05, 3.63) is 64.8 Å². The summed E-state index contributed by atoms with van der Waals surface area (Å²) >= 11 is 4.70. The van der Waals surface area contributed by atoms with Crippen molar-refractivity contribution >= 4 is 33.6 Å². The Bertz CT molecular complexity index is 819. The van der Waals surface area contributed by atoms with E-state index < -0.39 is 5.91 Å². The molecule has 3 rings (SSSR count). The first kappa shape index (κ1) is 15.8. The third-order valence-corrected chi connectivity index (χ3v) is 4.49. The van der Waals surface area contributed by atoms with Gasteiger partial charge in [0.1, 0.15) is 0 Å². The summed E-state index contributed by atoms with van der Waals surface area (Å²) in [6.07, 6.45) is 0.